The van der Waals surface area contributed by atoms with Crippen LogP contribution in [0, 0.1) is 0 Å². The van der Waals surface area contributed by atoms with E-state index in [1.165, 1.54) is 238 Å². The standard InChI is InChI=1S/C66H125NO5/c1-3-5-7-9-11-13-15-17-19-21-22-23-24-25-26-27-28-30-31-34-38-42-46-50-54-58-64(69)63(62-68)67-65(70)59-55-51-47-43-39-35-33-37-41-45-49-53-57-61-72-66(71)60-56-52-48-44-40-36-32-29-20-18-16-14-12-10-8-6-4-2/h12,14,18,20,35,39,63-64,68-69H,3-11,13,15-17,19,21-34,36-38,40-62H2,1-2H3,(H,67,70)/b14-12-,20-18-,39-35-. The third kappa shape index (κ3) is 57.4. The van der Waals surface area contributed by atoms with Crippen molar-refractivity contribution in [3.63, 3.8) is 0 Å². The fraction of sp³-hybridized carbons (Fsp3) is 0.879. The maximum absolute atomic E-state index is 12.5. The lowest BCUT2D eigenvalue weighted by molar-refractivity contribution is -0.143. The number of aliphatic hydroxyl groups is 2. The molecule has 0 bridgehead atoms. The highest BCUT2D eigenvalue weighted by Gasteiger charge is 2.20. The zero-order chi connectivity index (χ0) is 52.2. The van der Waals surface area contributed by atoms with E-state index in [2.05, 4.69) is 55.6 Å². The highest BCUT2D eigenvalue weighted by atomic mass is 16.5. The molecular formula is C66H125NO5. The molecule has 72 heavy (non-hydrogen) atoms. The summed E-state index contributed by atoms with van der Waals surface area (Å²) < 4.78 is 5.47. The van der Waals surface area contributed by atoms with E-state index in [0.717, 1.165) is 77.0 Å². The Morgan fingerprint density at radius 3 is 1.11 bits per heavy atom. The lowest BCUT2D eigenvalue weighted by Crippen LogP contribution is -2.45. The van der Waals surface area contributed by atoms with E-state index in [4.69, 9.17) is 4.74 Å². The first-order chi connectivity index (χ1) is 35.5. The smallest absolute Gasteiger partial charge is 0.305 e. The Morgan fingerprint density at radius 1 is 0.389 bits per heavy atom. The Morgan fingerprint density at radius 2 is 0.694 bits per heavy atom. The molecule has 2 unspecified atom stereocenters. The highest BCUT2D eigenvalue weighted by Crippen LogP contribution is 2.18. The van der Waals surface area contributed by atoms with Gasteiger partial charge < -0.3 is 20.3 Å². The van der Waals surface area contributed by atoms with Crippen LogP contribution in [0.1, 0.15) is 348 Å². The molecule has 6 nitrogen and oxygen atoms in total. The largest absolute Gasteiger partial charge is 0.466 e. The van der Waals surface area contributed by atoms with E-state index in [-0.39, 0.29) is 18.5 Å². The molecule has 1 amide bonds. The number of carbonyl (C=O) groups is 2. The number of carbonyl (C=O) groups excluding carboxylic acids is 2. The summed E-state index contributed by atoms with van der Waals surface area (Å²) in [5, 5.41) is 23.4. The van der Waals surface area contributed by atoms with Crippen molar-refractivity contribution < 1.29 is 24.5 Å². The summed E-state index contributed by atoms with van der Waals surface area (Å²) in [4.78, 5) is 24.6. The molecule has 0 aromatic rings. The summed E-state index contributed by atoms with van der Waals surface area (Å²) in [5.41, 5.74) is 0. The van der Waals surface area contributed by atoms with Crippen LogP contribution >= 0.6 is 0 Å². The summed E-state index contributed by atoms with van der Waals surface area (Å²) in [7, 11) is 0. The van der Waals surface area contributed by atoms with Crippen LogP contribution in [0.25, 0.3) is 0 Å². The summed E-state index contributed by atoms with van der Waals surface area (Å²) in [6, 6.07) is -0.564. The maximum Gasteiger partial charge on any atom is 0.305 e. The van der Waals surface area contributed by atoms with Gasteiger partial charge in [-0.1, -0.05) is 288 Å². The monoisotopic (exact) mass is 1010 g/mol. The third-order valence-electron chi connectivity index (χ3n) is 14.9. The molecule has 6 heteroatoms. The van der Waals surface area contributed by atoms with Gasteiger partial charge in [-0.25, -0.2) is 0 Å². The van der Waals surface area contributed by atoms with Gasteiger partial charge in [-0.2, -0.15) is 0 Å². The SMILES string of the molecule is CCCCC/C=C\C/C=C\CCCCCCCCCC(=O)OCCCCCCCC/C=C\CCCCCC(=O)NC(CO)C(O)CCCCCCCCCCCCCCCCCCCCCCCCCCC. The van der Waals surface area contributed by atoms with Crippen LogP contribution in [0.5, 0.6) is 0 Å². The number of unbranched alkanes of at least 4 members (excludes halogenated alkanes) is 43. The van der Waals surface area contributed by atoms with Crippen LogP contribution < -0.4 is 5.32 Å². The molecule has 424 valence electrons. The van der Waals surface area contributed by atoms with Crippen molar-refractivity contribution in [1.82, 2.24) is 5.32 Å². The van der Waals surface area contributed by atoms with Crippen molar-refractivity contribution >= 4 is 11.9 Å². The zero-order valence-electron chi connectivity index (χ0n) is 48.4. The van der Waals surface area contributed by atoms with E-state index >= 15 is 0 Å². The number of esters is 1. The number of rotatable bonds is 60. The van der Waals surface area contributed by atoms with Gasteiger partial charge in [0.2, 0.25) is 5.91 Å². The number of ether oxygens (including phenoxy) is 1. The molecule has 0 radical (unpaired) electrons. The van der Waals surface area contributed by atoms with Gasteiger partial charge in [-0.15, -0.1) is 0 Å². The summed E-state index contributed by atoms with van der Waals surface area (Å²) in [6.07, 6.45) is 77.3. The van der Waals surface area contributed by atoms with Crippen LogP contribution in [0.15, 0.2) is 36.5 Å². The Labute approximate surface area is 449 Å². The van der Waals surface area contributed by atoms with E-state index < -0.39 is 12.1 Å². The second kappa shape index (κ2) is 61.6. The van der Waals surface area contributed by atoms with Gasteiger partial charge in [0.25, 0.3) is 0 Å². The average Bonchev–Trinajstić information content (AvgIpc) is 3.38. The van der Waals surface area contributed by atoms with E-state index in [1.54, 1.807) is 0 Å². The van der Waals surface area contributed by atoms with E-state index in [9.17, 15) is 19.8 Å². The quantitative estimate of drug-likeness (QED) is 0.0320. The Bertz CT molecular complexity index is 1170. The molecule has 0 aromatic carbocycles. The minimum absolute atomic E-state index is 0.0195. The van der Waals surface area contributed by atoms with E-state index in [0.29, 0.717) is 25.9 Å². The van der Waals surface area contributed by atoms with Crippen molar-refractivity contribution in [2.45, 2.75) is 360 Å². The molecule has 0 rings (SSSR count). The number of amides is 1. The fourth-order valence-electron chi connectivity index (χ4n) is 9.96. The second-order valence-corrected chi connectivity index (χ2v) is 22.1. The zero-order valence-corrected chi connectivity index (χ0v) is 48.4. The average molecular weight is 1010 g/mol. The molecule has 0 fully saturated rings. The minimum Gasteiger partial charge on any atom is -0.466 e. The van der Waals surface area contributed by atoms with Crippen LogP contribution in [0.4, 0.5) is 0 Å². The van der Waals surface area contributed by atoms with Crippen molar-refractivity contribution in [3.05, 3.63) is 36.5 Å². The molecule has 0 aliphatic rings. The van der Waals surface area contributed by atoms with Gasteiger partial charge >= 0.3 is 5.97 Å². The minimum atomic E-state index is -0.684. The molecule has 0 aliphatic heterocycles. The summed E-state index contributed by atoms with van der Waals surface area (Å²) in [6.45, 7) is 4.91. The molecule has 0 aliphatic carbocycles. The van der Waals surface area contributed by atoms with Crippen LogP contribution in [-0.2, 0) is 14.3 Å². The first kappa shape index (κ1) is 70.1. The Hall–Kier alpha value is -1.92. The number of aliphatic hydroxyl groups excluding tert-OH is 2. The van der Waals surface area contributed by atoms with E-state index in [1.807, 2.05) is 0 Å². The van der Waals surface area contributed by atoms with Crippen molar-refractivity contribution in [1.29, 1.82) is 0 Å². The number of nitrogens with one attached hydrogen (secondary N) is 1. The van der Waals surface area contributed by atoms with Crippen LogP contribution in [0.2, 0.25) is 0 Å². The third-order valence-corrected chi connectivity index (χ3v) is 14.9. The van der Waals surface area contributed by atoms with Crippen LogP contribution in [-0.4, -0.2) is 47.4 Å². The lowest BCUT2D eigenvalue weighted by Gasteiger charge is -2.22. The van der Waals surface area contributed by atoms with Crippen molar-refractivity contribution in [2.75, 3.05) is 13.2 Å². The Kier molecular flexibility index (Phi) is 60.0. The number of hydrogen-bond donors (Lipinski definition) is 3. The van der Waals surface area contributed by atoms with Gasteiger partial charge in [0, 0.05) is 12.8 Å². The second-order valence-electron chi connectivity index (χ2n) is 22.1. The van der Waals surface area contributed by atoms with Gasteiger partial charge in [0.05, 0.1) is 25.4 Å². The number of hydrogen-bond acceptors (Lipinski definition) is 5. The predicted molar refractivity (Wildman–Crippen MR) is 315 cm³/mol. The van der Waals surface area contributed by atoms with Crippen molar-refractivity contribution in [3.8, 4) is 0 Å². The van der Waals surface area contributed by atoms with Gasteiger partial charge in [0.1, 0.15) is 0 Å². The summed E-state index contributed by atoms with van der Waals surface area (Å²) in [5.74, 6) is -0.0816. The molecule has 0 saturated carbocycles. The maximum atomic E-state index is 12.5. The molecular weight excluding hydrogens is 887 g/mol. The first-order valence-electron chi connectivity index (χ1n) is 32.2. The normalized spacial score (nSPS) is 12.8. The van der Waals surface area contributed by atoms with Crippen molar-refractivity contribution in [2.24, 2.45) is 0 Å². The molecule has 0 saturated heterocycles. The highest BCUT2D eigenvalue weighted by molar-refractivity contribution is 5.76. The topological polar surface area (TPSA) is 95.9 Å². The van der Waals surface area contributed by atoms with Gasteiger partial charge in [0.15, 0.2) is 0 Å². The van der Waals surface area contributed by atoms with Crippen LogP contribution in [0.3, 0.4) is 0 Å². The first-order valence-corrected chi connectivity index (χ1v) is 32.2. The lowest BCUT2D eigenvalue weighted by atomic mass is 10.0. The number of allylic oxidation sites excluding steroid dienone is 6. The van der Waals surface area contributed by atoms with Gasteiger partial charge in [-0.05, 0) is 83.5 Å². The molecule has 0 spiro atoms. The summed E-state index contributed by atoms with van der Waals surface area (Å²) >= 11 is 0. The molecule has 3 N–H and O–H groups in total. The predicted octanol–water partition coefficient (Wildman–Crippen LogP) is 20.4. The molecule has 0 aromatic heterocycles. The molecule has 2 atom stereocenters. The van der Waals surface area contributed by atoms with Gasteiger partial charge in [-0.3, -0.25) is 9.59 Å². The fourth-order valence-corrected chi connectivity index (χ4v) is 9.96. The molecule has 0 heterocycles. The Balaban J connectivity index is 3.47.